The van der Waals surface area contributed by atoms with Crippen LogP contribution in [-0.4, -0.2) is 18.6 Å². The van der Waals surface area contributed by atoms with Crippen molar-refractivity contribution in [2.75, 3.05) is 19.0 Å². The lowest BCUT2D eigenvalue weighted by Gasteiger charge is -2.21. The third-order valence-corrected chi connectivity index (χ3v) is 2.38. The zero-order chi connectivity index (χ0) is 10.8. The van der Waals surface area contributed by atoms with Gasteiger partial charge in [0, 0.05) is 18.3 Å². The molecule has 0 fully saturated rings. The molecule has 0 unspecified atom stereocenters. The summed E-state index contributed by atoms with van der Waals surface area (Å²) >= 11 is 6.04. The van der Waals surface area contributed by atoms with E-state index >= 15 is 0 Å². The number of hydrogen-bond donors (Lipinski definition) is 2. The highest BCUT2D eigenvalue weighted by atomic mass is 35.5. The summed E-state index contributed by atoms with van der Waals surface area (Å²) in [5.74, 6) is 1.35. The Morgan fingerprint density at radius 3 is 3.27 bits per heavy atom. The molecule has 1 aromatic heterocycles. The molecular formula is C10H12ClN3O. The molecule has 1 aliphatic heterocycles. The van der Waals surface area contributed by atoms with Gasteiger partial charge in [-0.1, -0.05) is 18.2 Å². The lowest BCUT2D eigenvalue weighted by Crippen LogP contribution is -2.18. The second-order valence-electron chi connectivity index (χ2n) is 3.31. The van der Waals surface area contributed by atoms with Crippen LogP contribution in [0, 0.1) is 0 Å². The maximum Gasteiger partial charge on any atom is 0.173 e. The molecule has 0 saturated heterocycles. The van der Waals surface area contributed by atoms with Crippen molar-refractivity contribution in [2.45, 2.75) is 6.54 Å². The first-order valence-corrected chi connectivity index (χ1v) is 5.00. The summed E-state index contributed by atoms with van der Waals surface area (Å²) in [6.45, 7) is 4.87. The molecule has 2 N–H and O–H groups in total. The van der Waals surface area contributed by atoms with Crippen molar-refractivity contribution >= 4 is 17.4 Å². The third kappa shape index (κ3) is 2.06. The second-order valence-corrected chi connectivity index (χ2v) is 3.72. The largest absolute Gasteiger partial charge is 0.483 e. The minimum atomic E-state index is 0.455. The molecule has 1 aromatic rings. The van der Waals surface area contributed by atoms with Crippen molar-refractivity contribution in [3.05, 3.63) is 29.1 Å². The smallest absolute Gasteiger partial charge is 0.173 e. The molecule has 80 valence electrons. The number of pyridine rings is 1. The van der Waals surface area contributed by atoms with Crippen molar-refractivity contribution in [2.24, 2.45) is 0 Å². The fourth-order valence-electron chi connectivity index (χ4n) is 1.37. The first-order valence-electron chi connectivity index (χ1n) is 4.62. The highest BCUT2D eigenvalue weighted by Gasteiger charge is 2.16. The second kappa shape index (κ2) is 4.08. The van der Waals surface area contributed by atoms with Gasteiger partial charge in [0.1, 0.15) is 6.61 Å². The SMILES string of the molecule is C=C1COc2cc(Cl)c(CNC)nc2N1. The molecule has 0 spiro atoms. The zero-order valence-corrected chi connectivity index (χ0v) is 9.19. The van der Waals surface area contributed by atoms with Crippen LogP contribution in [0.15, 0.2) is 18.3 Å². The van der Waals surface area contributed by atoms with E-state index in [1.54, 1.807) is 6.07 Å². The van der Waals surface area contributed by atoms with E-state index in [0.29, 0.717) is 29.7 Å². The molecule has 15 heavy (non-hydrogen) atoms. The molecule has 0 saturated carbocycles. The van der Waals surface area contributed by atoms with Gasteiger partial charge in [-0.2, -0.15) is 0 Å². The number of hydrogen-bond acceptors (Lipinski definition) is 4. The topological polar surface area (TPSA) is 46.2 Å². The Morgan fingerprint density at radius 1 is 1.73 bits per heavy atom. The van der Waals surface area contributed by atoms with Crippen LogP contribution < -0.4 is 15.4 Å². The summed E-state index contributed by atoms with van der Waals surface area (Å²) in [5, 5.41) is 6.68. The van der Waals surface area contributed by atoms with Gasteiger partial charge in [0.2, 0.25) is 0 Å². The van der Waals surface area contributed by atoms with E-state index in [9.17, 15) is 0 Å². The predicted octanol–water partition coefficient (Wildman–Crippen LogP) is 1.77. The van der Waals surface area contributed by atoms with Gasteiger partial charge in [-0.25, -0.2) is 4.98 Å². The van der Waals surface area contributed by atoms with Crippen molar-refractivity contribution in [1.82, 2.24) is 10.3 Å². The molecular weight excluding hydrogens is 214 g/mol. The zero-order valence-electron chi connectivity index (χ0n) is 8.43. The van der Waals surface area contributed by atoms with Gasteiger partial charge in [0.25, 0.3) is 0 Å². The summed E-state index contributed by atoms with van der Waals surface area (Å²) in [5.41, 5.74) is 1.59. The average Bonchev–Trinajstić information content (AvgIpc) is 2.20. The first-order chi connectivity index (χ1) is 7.20. The van der Waals surface area contributed by atoms with Gasteiger partial charge >= 0.3 is 0 Å². The van der Waals surface area contributed by atoms with Crippen molar-refractivity contribution in [3.63, 3.8) is 0 Å². The van der Waals surface area contributed by atoms with Crippen LogP contribution in [0.3, 0.4) is 0 Å². The quantitative estimate of drug-likeness (QED) is 0.806. The molecule has 2 rings (SSSR count). The minimum absolute atomic E-state index is 0.455. The maximum atomic E-state index is 6.04. The fraction of sp³-hybridized carbons (Fsp3) is 0.300. The highest BCUT2D eigenvalue weighted by Crippen LogP contribution is 2.31. The van der Waals surface area contributed by atoms with Crippen molar-refractivity contribution < 1.29 is 4.74 Å². The monoisotopic (exact) mass is 225 g/mol. The van der Waals surface area contributed by atoms with Crippen molar-refractivity contribution in [3.8, 4) is 5.75 Å². The number of fused-ring (bicyclic) bond motifs is 1. The highest BCUT2D eigenvalue weighted by molar-refractivity contribution is 6.31. The Morgan fingerprint density at radius 2 is 2.53 bits per heavy atom. The van der Waals surface area contributed by atoms with E-state index in [1.807, 2.05) is 7.05 Å². The van der Waals surface area contributed by atoms with Gasteiger partial charge in [-0.05, 0) is 7.05 Å². The molecule has 0 aromatic carbocycles. The van der Waals surface area contributed by atoms with Gasteiger partial charge < -0.3 is 15.4 Å². The lowest BCUT2D eigenvalue weighted by molar-refractivity contribution is 0.344. The fourth-order valence-corrected chi connectivity index (χ4v) is 1.58. The van der Waals surface area contributed by atoms with Crippen LogP contribution in [0.25, 0.3) is 0 Å². The number of halogens is 1. The van der Waals surface area contributed by atoms with E-state index in [1.165, 1.54) is 0 Å². The van der Waals surface area contributed by atoms with E-state index in [-0.39, 0.29) is 0 Å². The molecule has 2 heterocycles. The third-order valence-electron chi connectivity index (χ3n) is 2.05. The number of nitrogens with zero attached hydrogens (tertiary/aromatic N) is 1. The van der Waals surface area contributed by atoms with E-state index in [2.05, 4.69) is 22.2 Å². The van der Waals surface area contributed by atoms with Crippen LogP contribution in [-0.2, 0) is 6.54 Å². The average molecular weight is 226 g/mol. The Hall–Kier alpha value is -1.26. The molecule has 4 nitrogen and oxygen atoms in total. The number of anilines is 1. The van der Waals surface area contributed by atoms with Crippen molar-refractivity contribution in [1.29, 1.82) is 0 Å². The first kappa shape index (κ1) is 10.3. The van der Waals surface area contributed by atoms with Crippen LogP contribution in [0.2, 0.25) is 5.02 Å². The maximum absolute atomic E-state index is 6.04. The molecule has 0 radical (unpaired) electrons. The summed E-state index contributed by atoms with van der Waals surface area (Å²) in [7, 11) is 1.85. The number of rotatable bonds is 2. The Kier molecular flexibility index (Phi) is 2.79. The molecule has 0 aliphatic carbocycles. The molecule has 0 bridgehead atoms. The van der Waals surface area contributed by atoms with Crippen LogP contribution in [0.1, 0.15) is 5.69 Å². The molecule has 0 atom stereocenters. The van der Waals surface area contributed by atoms with Gasteiger partial charge in [0.05, 0.1) is 10.7 Å². The van der Waals surface area contributed by atoms with Gasteiger partial charge in [-0.3, -0.25) is 0 Å². The summed E-state index contributed by atoms with van der Waals surface area (Å²) in [6.07, 6.45) is 0. The number of aromatic nitrogens is 1. The molecule has 0 amide bonds. The van der Waals surface area contributed by atoms with Crippen LogP contribution in [0.4, 0.5) is 5.82 Å². The summed E-state index contributed by atoms with van der Waals surface area (Å²) in [6, 6.07) is 1.77. The van der Waals surface area contributed by atoms with E-state index in [0.717, 1.165) is 11.4 Å². The van der Waals surface area contributed by atoms with E-state index in [4.69, 9.17) is 16.3 Å². The van der Waals surface area contributed by atoms with Crippen LogP contribution in [0.5, 0.6) is 5.75 Å². The molecule has 1 aliphatic rings. The number of nitrogens with one attached hydrogen (secondary N) is 2. The van der Waals surface area contributed by atoms with Gasteiger partial charge in [0.15, 0.2) is 11.6 Å². The van der Waals surface area contributed by atoms with Crippen LogP contribution >= 0.6 is 11.6 Å². The Bertz CT molecular complexity index is 406. The van der Waals surface area contributed by atoms with Gasteiger partial charge in [-0.15, -0.1) is 0 Å². The Balaban J connectivity index is 2.38. The standard InChI is InChI=1S/C10H12ClN3O/c1-6-5-15-9-3-7(11)8(4-12-2)14-10(9)13-6/h3,12H,1,4-5H2,2H3,(H,13,14). The molecule has 5 heteroatoms. The Labute approximate surface area is 93.3 Å². The summed E-state index contributed by atoms with van der Waals surface area (Å²) < 4.78 is 5.42. The summed E-state index contributed by atoms with van der Waals surface area (Å²) in [4.78, 5) is 4.36. The lowest BCUT2D eigenvalue weighted by atomic mass is 10.3. The minimum Gasteiger partial charge on any atom is -0.483 e. The van der Waals surface area contributed by atoms with E-state index < -0.39 is 0 Å². The predicted molar refractivity (Wildman–Crippen MR) is 60.3 cm³/mol. The normalized spacial score (nSPS) is 14.1. The number of ether oxygens (including phenoxy) is 1.